The lowest BCUT2D eigenvalue weighted by Crippen LogP contribution is -2.39. The summed E-state index contributed by atoms with van der Waals surface area (Å²) in [5.41, 5.74) is 4.10. The predicted octanol–water partition coefficient (Wildman–Crippen LogP) is 3.33. The van der Waals surface area contributed by atoms with Crippen molar-refractivity contribution in [3.63, 3.8) is 0 Å². The van der Waals surface area contributed by atoms with Crippen molar-refractivity contribution in [1.82, 2.24) is 14.8 Å². The number of nitrogens with zero attached hydrogens (tertiary/aromatic N) is 3. The fourth-order valence-corrected chi connectivity index (χ4v) is 4.48. The van der Waals surface area contributed by atoms with Gasteiger partial charge in [0.1, 0.15) is 0 Å². The highest BCUT2D eigenvalue weighted by Crippen LogP contribution is 2.35. The summed E-state index contributed by atoms with van der Waals surface area (Å²) in [7, 11) is 3.41. The van der Waals surface area contributed by atoms with Crippen LogP contribution in [0.1, 0.15) is 29.5 Å². The zero-order valence-corrected chi connectivity index (χ0v) is 16.4. The monoisotopic (exact) mass is 367 g/mol. The third kappa shape index (κ3) is 4.25. The van der Waals surface area contributed by atoms with E-state index in [2.05, 4.69) is 39.0 Å². The van der Waals surface area contributed by atoms with Gasteiger partial charge in [-0.1, -0.05) is 0 Å². The molecule has 1 fully saturated rings. The number of methoxy groups -OCH3 is 2. The highest BCUT2D eigenvalue weighted by atomic mass is 16.5. The van der Waals surface area contributed by atoms with Crippen LogP contribution in [-0.4, -0.2) is 48.6 Å². The van der Waals surface area contributed by atoms with Crippen molar-refractivity contribution in [3.8, 4) is 11.5 Å². The minimum Gasteiger partial charge on any atom is -0.493 e. The molecule has 0 spiro atoms. The Bertz CT molecular complexity index is 733. The first kappa shape index (κ1) is 18.3. The Kier molecular flexibility index (Phi) is 5.60. The Morgan fingerprint density at radius 3 is 2.30 bits per heavy atom. The molecule has 1 unspecified atom stereocenters. The molecule has 3 heterocycles. The molecule has 0 bridgehead atoms. The minimum atomic E-state index is 0.735. The van der Waals surface area contributed by atoms with E-state index in [1.165, 1.54) is 42.6 Å². The van der Waals surface area contributed by atoms with Crippen molar-refractivity contribution in [2.45, 2.75) is 32.5 Å². The van der Waals surface area contributed by atoms with Gasteiger partial charge < -0.3 is 9.47 Å². The van der Waals surface area contributed by atoms with Crippen LogP contribution < -0.4 is 9.47 Å². The molecule has 1 aromatic carbocycles. The Balaban J connectivity index is 1.35. The summed E-state index contributed by atoms with van der Waals surface area (Å²) in [6.45, 7) is 6.60. The molecule has 27 heavy (non-hydrogen) atoms. The molecule has 0 saturated carbocycles. The van der Waals surface area contributed by atoms with Crippen molar-refractivity contribution in [2.24, 2.45) is 5.92 Å². The zero-order chi connectivity index (χ0) is 18.6. The van der Waals surface area contributed by atoms with Crippen LogP contribution in [0.2, 0.25) is 0 Å². The number of fused-ring (bicyclic) bond motifs is 1. The number of hydrogen-bond acceptors (Lipinski definition) is 5. The van der Waals surface area contributed by atoms with Crippen LogP contribution in [0.4, 0.5) is 0 Å². The Morgan fingerprint density at radius 2 is 1.67 bits per heavy atom. The van der Waals surface area contributed by atoms with Gasteiger partial charge in [0, 0.05) is 45.1 Å². The van der Waals surface area contributed by atoms with Crippen molar-refractivity contribution >= 4 is 0 Å². The first-order chi connectivity index (χ1) is 13.2. The van der Waals surface area contributed by atoms with Crippen LogP contribution in [0.15, 0.2) is 36.7 Å². The van der Waals surface area contributed by atoms with E-state index in [9.17, 15) is 0 Å². The van der Waals surface area contributed by atoms with Gasteiger partial charge in [-0.15, -0.1) is 0 Å². The molecule has 2 aliphatic rings. The molecule has 1 saturated heterocycles. The van der Waals surface area contributed by atoms with Crippen LogP contribution in [0.5, 0.6) is 11.5 Å². The fraction of sp³-hybridized carbons (Fsp3) is 0.500. The second-order valence-electron chi connectivity index (χ2n) is 7.74. The number of hydrogen-bond donors (Lipinski definition) is 0. The van der Waals surface area contributed by atoms with Gasteiger partial charge in [-0.25, -0.2) is 0 Å². The van der Waals surface area contributed by atoms with Gasteiger partial charge in [0.2, 0.25) is 0 Å². The first-order valence-electron chi connectivity index (χ1n) is 9.82. The summed E-state index contributed by atoms with van der Waals surface area (Å²) < 4.78 is 10.9. The lowest BCUT2D eigenvalue weighted by molar-refractivity contribution is 0.127. The average molecular weight is 367 g/mol. The van der Waals surface area contributed by atoms with E-state index in [-0.39, 0.29) is 0 Å². The number of likely N-dealkylation sites (tertiary alicyclic amines) is 1. The minimum absolute atomic E-state index is 0.735. The summed E-state index contributed by atoms with van der Waals surface area (Å²) in [6.07, 6.45) is 6.39. The highest BCUT2D eigenvalue weighted by Gasteiger charge is 2.26. The van der Waals surface area contributed by atoms with E-state index in [0.717, 1.165) is 43.6 Å². The summed E-state index contributed by atoms with van der Waals surface area (Å²) in [6, 6.07) is 8.54. The van der Waals surface area contributed by atoms with E-state index in [0.29, 0.717) is 0 Å². The average Bonchev–Trinajstić information content (AvgIpc) is 3.08. The molecule has 5 nitrogen and oxygen atoms in total. The third-order valence-corrected chi connectivity index (χ3v) is 5.77. The Labute approximate surface area is 161 Å². The summed E-state index contributed by atoms with van der Waals surface area (Å²) in [5.74, 6) is 2.40. The van der Waals surface area contributed by atoms with E-state index in [4.69, 9.17) is 9.47 Å². The lowest BCUT2D eigenvalue weighted by Gasteiger charge is -2.34. The molecule has 1 atom stereocenters. The van der Waals surface area contributed by atoms with E-state index >= 15 is 0 Å². The maximum atomic E-state index is 5.46. The number of aromatic nitrogens is 1. The molecule has 0 amide bonds. The fourth-order valence-electron chi connectivity index (χ4n) is 4.48. The van der Waals surface area contributed by atoms with Crippen LogP contribution in [0.25, 0.3) is 0 Å². The van der Waals surface area contributed by atoms with Crippen LogP contribution in [0, 0.1) is 5.92 Å². The largest absolute Gasteiger partial charge is 0.493 e. The maximum absolute atomic E-state index is 5.46. The van der Waals surface area contributed by atoms with E-state index < -0.39 is 0 Å². The molecule has 0 N–H and O–H groups in total. The quantitative estimate of drug-likeness (QED) is 0.783. The number of piperidine rings is 1. The third-order valence-electron chi connectivity index (χ3n) is 5.77. The highest BCUT2D eigenvalue weighted by molar-refractivity contribution is 5.48. The van der Waals surface area contributed by atoms with Gasteiger partial charge in [0.15, 0.2) is 11.5 Å². The van der Waals surface area contributed by atoms with Gasteiger partial charge in [-0.2, -0.15) is 0 Å². The number of benzene rings is 1. The van der Waals surface area contributed by atoms with Crippen molar-refractivity contribution in [3.05, 3.63) is 53.3 Å². The summed E-state index contributed by atoms with van der Waals surface area (Å²) in [5, 5.41) is 0. The standard InChI is InChI=1S/C22H29N3O2/c1-26-21-10-19-15-25(16-20(19)11-22(21)27-2)14-18-4-3-9-24(13-18)12-17-5-7-23-8-6-17/h5-8,10-11,18H,3-4,9,12-16H2,1-2H3. The Hall–Kier alpha value is -2.11. The molecule has 144 valence electrons. The van der Waals surface area contributed by atoms with Crippen molar-refractivity contribution in [1.29, 1.82) is 0 Å². The van der Waals surface area contributed by atoms with Gasteiger partial charge in [-0.3, -0.25) is 14.8 Å². The second-order valence-corrected chi connectivity index (χ2v) is 7.74. The Morgan fingerprint density at radius 1 is 1.00 bits per heavy atom. The summed E-state index contributed by atoms with van der Waals surface area (Å²) in [4.78, 5) is 9.29. The molecule has 0 aliphatic carbocycles. The smallest absolute Gasteiger partial charge is 0.161 e. The van der Waals surface area contributed by atoms with Gasteiger partial charge in [-0.05, 0) is 66.3 Å². The SMILES string of the molecule is COc1cc2c(cc1OC)CN(CC1CCCN(Cc3ccncc3)C1)C2. The van der Waals surface area contributed by atoms with Crippen LogP contribution >= 0.6 is 0 Å². The lowest BCUT2D eigenvalue weighted by atomic mass is 9.97. The molecule has 2 aromatic rings. The molecular weight excluding hydrogens is 338 g/mol. The number of rotatable bonds is 6. The molecule has 0 radical (unpaired) electrons. The van der Waals surface area contributed by atoms with Crippen LogP contribution in [0.3, 0.4) is 0 Å². The maximum Gasteiger partial charge on any atom is 0.161 e. The zero-order valence-electron chi connectivity index (χ0n) is 16.4. The van der Waals surface area contributed by atoms with E-state index in [1.54, 1.807) is 14.2 Å². The molecular formula is C22H29N3O2. The van der Waals surface area contributed by atoms with E-state index in [1.807, 2.05) is 12.4 Å². The van der Waals surface area contributed by atoms with Crippen molar-refractivity contribution < 1.29 is 9.47 Å². The van der Waals surface area contributed by atoms with Gasteiger partial charge in [0.25, 0.3) is 0 Å². The molecule has 5 heteroatoms. The van der Waals surface area contributed by atoms with Gasteiger partial charge >= 0.3 is 0 Å². The second kappa shape index (κ2) is 8.28. The van der Waals surface area contributed by atoms with Crippen molar-refractivity contribution in [2.75, 3.05) is 33.9 Å². The first-order valence-corrected chi connectivity index (χ1v) is 9.82. The van der Waals surface area contributed by atoms with Crippen LogP contribution in [-0.2, 0) is 19.6 Å². The summed E-state index contributed by atoms with van der Waals surface area (Å²) >= 11 is 0. The molecule has 2 aliphatic heterocycles. The predicted molar refractivity (Wildman–Crippen MR) is 106 cm³/mol. The number of ether oxygens (including phenoxy) is 2. The number of pyridine rings is 1. The topological polar surface area (TPSA) is 37.8 Å². The molecule has 4 rings (SSSR count). The normalized spacial score (nSPS) is 20.4. The molecule has 1 aromatic heterocycles. The van der Waals surface area contributed by atoms with Gasteiger partial charge in [0.05, 0.1) is 14.2 Å².